The molecule has 2 aromatic rings. The lowest BCUT2D eigenvalue weighted by molar-refractivity contribution is 0.413. The number of anilines is 1. The van der Waals surface area contributed by atoms with Gasteiger partial charge in [-0.15, -0.1) is 0 Å². The minimum atomic E-state index is 0.491. The first-order valence-corrected chi connectivity index (χ1v) is 7.03. The number of fused-ring (bicyclic) bond motifs is 1. The van der Waals surface area contributed by atoms with Crippen LogP contribution in [0.25, 0.3) is 11.0 Å². The van der Waals surface area contributed by atoms with Crippen LogP contribution in [0, 0.1) is 5.92 Å². The minimum Gasteiger partial charge on any atom is -0.354 e. The summed E-state index contributed by atoms with van der Waals surface area (Å²) in [6, 6.07) is 7.81. The van der Waals surface area contributed by atoms with Gasteiger partial charge in [0.05, 0.1) is 11.0 Å². The molecule has 0 saturated carbocycles. The number of benzene rings is 1. The van der Waals surface area contributed by atoms with Gasteiger partial charge in [-0.3, -0.25) is 0 Å². The molecule has 2 N–H and O–H groups in total. The van der Waals surface area contributed by atoms with Gasteiger partial charge in [0.2, 0.25) is 0 Å². The molecule has 1 aliphatic rings. The fraction of sp³-hybridized carbons (Fsp3) is 0.429. The Hall–Kier alpha value is -1.39. The van der Waals surface area contributed by atoms with Crippen molar-refractivity contribution < 1.29 is 0 Å². The standard InChI is InChI=1S/C14H17ClN4/c15-13-14(19-7-5-10(9-16)6-8-19)18-12-4-2-1-3-11(12)17-13/h1-4,10H,5-9,16H2. The summed E-state index contributed by atoms with van der Waals surface area (Å²) in [4.78, 5) is 11.3. The van der Waals surface area contributed by atoms with E-state index in [0.717, 1.165) is 49.3 Å². The number of nitrogens with two attached hydrogens (primary N) is 1. The summed E-state index contributed by atoms with van der Waals surface area (Å²) in [6.45, 7) is 2.67. The third-order valence-corrected chi connectivity index (χ3v) is 4.01. The molecule has 0 amide bonds. The average Bonchev–Trinajstić information content (AvgIpc) is 2.47. The third kappa shape index (κ3) is 2.51. The van der Waals surface area contributed by atoms with Crippen molar-refractivity contribution in [3.63, 3.8) is 0 Å². The van der Waals surface area contributed by atoms with E-state index in [-0.39, 0.29) is 0 Å². The highest BCUT2D eigenvalue weighted by Gasteiger charge is 2.21. The first-order valence-electron chi connectivity index (χ1n) is 6.65. The Morgan fingerprint density at radius 2 is 1.79 bits per heavy atom. The Kier molecular flexibility index (Phi) is 3.53. The van der Waals surface area contributed by atoms with Crippen molar-refractivity contribution in [3.05, 3.63) is 29.4 Å². The fourth-order valence-corrected chi connectivity index (χ4v) is 2.80. The van der Waals surface area contributed by atoms with E-state index >= 15 is 0 Å². The van der Waals surface area contributed by atoms with Crippen LogP contribution in [0.2, 0.25) is 5.15 Å². The number of hydrogen-bond donors (Lipinski definition) is 1. The Morgan fingerprint density at radius 3 is 2.42 bits per heavy atom. The molecule has 0 radical (unpaired) electrons. The molecule has 100 valence electrons. The Bertz CT molecular complexity index is 579. The van der Waals surface area contributed by atoms with Crippen LogP contribution in [0.15, 0.2) is 24.3 Å². The molecule has 1 saturated heterocycles. The number of aromatic nitrogens is 2. The quantitative estimate of drug-likeness (QED) is 0.915. The van der Waals surface area contributed by atoms with Gasteiger partial charge in [0, 0.05) is 13.1 Å². The Balaban J connectivity index is 1.90. The minimum absolute atomic E-state index is 0.491. The van der Waals surface area contributed by atoms with Crippen molar-refractivity contribution >= 4 is 28.5 Å². The van der Waals surface area contributed by atoms with E-state index in [9.17, 15) is 0 Å². The predicted octanol–water partition coefficient (Wildman–Crippen LogP) is 2.46. The predicted molar refractivity (Wildman–Crippen MR) is 78.5 cm³/mol. The van der Waals surface area contributed by atoms with E-state index in [1.807, 2.05) is 24.3 Å². The van der Waals surface area contributed by atoms with Gasteiger partial charge < -0.3 is 10.6 Å². The number of hydrogen-bond acceptors (Lipinski definition) is 4. The van der Waals surface area contributed by atoms with Crippen molar-refractivity contribution in [1.29, 1.82) is 0 Å². The maximum atomic E-state index is 6.27. The van der Waals surface area contributed by atoms with Gasteiger partial charge in [-0.2, -0.15) is 0 Å². The summed E-state index contributed by atoms with van der Waals surface area (Å²) >= 11 is 6.27. The van der Waals surface area contributed by atoms with Gasteiger partial charge in [-0.05, 0) is 37.4 Å². The summed E-state index contributed by atoms with van der Waals surface area (Å²) in [5.74, 6) is 1.43. The van der Waals surface area contributed by atoms with Crippen molar-refractivity contribution in [2.75, 3.05) is 24.5 Å². The lowest BCUT2D eigenvalue weighted by Gasteiger charge is -2.32. The molecule has 0 atom stereocenters. The van der Waals surface area contributed by atoms with Crippen molar-refractivity contribution in [2.24, 2.45) is 11.7 Å². The van der Waals surface area contributed by atoms with Crippen LogP contribution < -0.4 is 10.6 Å². The molecule has 0 unspecified atom stereocenters. The number of nitrogens with zero attached hydrogens (tertiary/aromatic N) is 3. The van der Waals surface area contributed by atoms with E-state index in [0.29, 0.717) is 11.1 Å². The highest BCUT2D eigenvalue weighted by Crippen LogP contribution is 2.28. The van der Waals surface area contributed by atoms with E-state index in [1.165, 1.54) is 0 Å². The van der Waals surface area contributed by atoms with Gasteiger partial charge >= 0.3 is 0 Å². The Labute approximate surface area is 117 Å². The zero-order valence-corrected chi connectivity index (χ0v) is 11.5. The topological polar surface area (TPSA) is 55.0 Å². The summed E-state index contributed by atoms with van der Waals surface area (Å²) in [5.41, 5.74) is 7.45. The van der Waals surface area contributed by atoms with Crippen LogP contribution in [0.3, 0.4) is 0 Å². The van der Waals surface area contributed by atoms with Gasteiger partial charge in [-0.1, -0.05) is 23.7 Å². The highest BCUT2D eigenvalue weighted by molar-refractivity contribution is 6.32. The molecule has 2 heterocycles. The second-order valence-electron chi connectivity index (χ2n) is 4.99. The van der Waals surface area contributed by atoms with Crippen LogP contribution in [-0.4, -0.2) is 29.6 Å². The first kappa shape index (κ1) is 12.6. The second-order valence-corrected chi connectivity index (χ2v) is 5.35. The molecule has 3 rings (SSSR count). The van der Waals surface area contributed by atoms with Gasteiger partial charge in [0.25, 0.3) is 0 Å². The number of para-hydroxylation sites is 2. The summed E-state index contributed by atoms with van der Waals surface area (Å²) in [7, 11) is 0. The molecule has 0 spiro atoms. The highest BCUT2D eigenvalue weighted by atomic mass is 35.5. The van der Waals surface area contributed by atoms with Crippen molar-refractivity contribution in [3.8, 4) is 0 Å². The number of piperidine rings is 1. The summed E-state index contributed by atoms with van der Waals surface area (Å²) in [5, 5.41) is 0.491. The number of halogens is 1. The third-order valence-electron chi connectivity index (χ3n) is 3.76. The smallest absolute Gasteiger partial charge is 0.172 e. The largest absolute Gasteiger partial charge is 0.354 e. The second kappa shape index (κ2) is 5.31. The number of rotatable bonds is 2. The van der Waals surface area contributed by atoms with E-state index < -0.39 is 0 Å². The SMILES string of the molecule is NCC1CCN(c2nc3ccccc3nc2Cl)CC1. The van der Waals surface area contributed by atoms with Crippen molar-refractivity contribution in [1.82, 2.24) is 9.97 Å². The van der Waals surface area contributed by atoms with Crippen LogP contribution in [0.1, 0.15) is 12.8 Å². The van der Waals surface area contributed by atoms with E-state index in [2.05, 4.69) is 14.9 Å². The van der Waals surface area contributed by atoms with Crippen LogP contribution in [0.4, 0.5) is 5.82 Å². The summed E-state index contributed by atoms with van der Waals surface area (Å²) in [6.07, 6.45) is 2.20. The molecule has 1 aromatic heterocycles. The molecule has 0 bridgehead atoms. The molecule has 4 nitrogen and oxygen atoms in total. The Morgan fingerprint density at radius 1 is 1.16 bits per heavy atom. The van der Waals surface area contributed by atoms with Gasteiger partial charge in [0.15, 0.2) is 11.0 Å². The normalized spacial score (nSPS) is 17.1. The van der Waals surface area contributed by atoms with Gasteiger partial charge in [-0.25, -0.2) is 9.97 Å². The lowest BCUT2D eigenvalue weighted by Crippen LogP contribution is -2.36. The molecule has 1 aliphatic heterocycles. The maximum absolute atomic E-state index is 6.27. The van der Waals surface area contributed by atoms with E-state index in [4.69, 9.17) is 17.3 Å². The molecule has 0 aliphatic carbocycles. The molecular formula is C14H17ClN4. The van der Waals surface area contributed by atoms with E-state index in [1.54, 1.807) is 0 Å². The molecule has 19 heavy (non-hydrogen) atoms. The van der Waals surface area contributed by atoms with Crippen LogP contribution in [0.5, 0.6) is 0 Å². The summed E-state index contributed by atoms with van der Waals surface area (Å²) < 4.78 is 0. The zero-order valence-electron chi connectivity index (χ0n) is 10.7. The van der Waals surface area contributed by atoms with Crippen LogP contribution >= 0.6 is 11.6 Å². The van der Waals surface area contributed by atoms with Gasteiger partial charge in [0.1, 0.15) is 0 Å². The fourth-order valence-electron chi connectivity index (χ4n) is 2.55. The average molecular weight is 277 g/mol. The maximum Gasteiger partial charge on any atom is 0.172 e. The molecule has 1 aromatic carbocycles. The van der Waals surface area contributed by atoms with Crippen molar-refractivity contribution in [2.45, 2.75) is 12.8 Å². The molecular weight excluding hydrogens is 260 g/mol. The van der Waals surface area contributed by atoms with Crippen LogP contribution in [-0.2, 0) is 0 Å². The monoisotopic (exact) mass is 276 g/mol. The molecule has 5 heteroatoms. The first-order chi connectivity index (χ1) is 9.28. The lowest BCUT2D eigenvalue weighted by atomic mass is 9.97. The molecule has 1 fully saturated rings. The zero-order chi connectivity index (χ0) is 13.2.